The second-order valence-electron chi connectivity index (χ2n) is 4.31. The molecule has 1 aliphatic rings. The lowest BCUT2D eigenvalue weighted by Gasteiger charge is -2.23. The fourth-order valence-electron chi connectivity index (χ4n) is 1.91. The van der Waals surface area contributed by atoms with Gasteiger partial charge in [0.15, 0.2) is 4.77 Å². The Bertz CT molecular complexity index is 388. The summed E-state index contributed by atoms with van der Waals surface area (Å²) < 4.78 is 2.82. The Hall–Kier alpha value is -0.840. The molecule has 1 saturated carbocycles. The molecule has 4 nitrogen and oxygen atoms in total. The Kier molecular flexibility index (Phi) is 2.82. The highest BCUT2D eigenvalue weighted by Crippen LogP contribution is 2.31. The van der Waals surface area contributed by atoms with Gasteiger partial charge in [0.05, 0.1) is 0 Å². The van der Waals surface area contributed by atoms with Crippen LogP contribution in [0.5, 0.6) is 0 Å². The van der Waals surface area contributed by atoms with Crippen molar-refractivity contribution < 1.29 is 0 Å². The van der Waals surface area contributed by atoms with E-state index in [4.69, 9.17) is 12.2 Å². The molecule has 0 saturated heterocycles. The molecule has 0 bridgehead atoms. The monoisotopic (exact) mass is 226 g/mol. The first kappa shape index (κ1) is 10.7. The molecule has 0 amide bonds. The van der Waals surface area contributed by atoms with Gasteiger partial charge in [-0.15, -0.1) is 5.10 Å². The lowest BCUT2D eigenvalue weighted by molar-refractivity contribution is 0.577. The fraction of sp³-hybridized carbons (Fsp3) is 0.800. The molecule has 1 aliphatic carbocycles. The van der Waals surface area contributed by atoms with Crippen LogP contribution in [0.15, 0.2) is 0 Å². The van der Waals surface area contributed by atoms with E-state index in [2.05, 4.69) is 40.4 Å². The lowest BCUT2D eigenvalue weighted by Crippen LogP contribution is -2.28. The van der Waals surface area contributed by atoms with Crippen LogP contribution >= 0.6 is 12.2 Å². The summed E-state index contributed by atoms with van der Waals surface area (Å²) in [6, 6.07) is 1.04. The van der Waals surface area contributed by atoms with Gasteiger partial charge in [-0.25, -0.2) is 5.10 Å². The van der Waals surface area contributed by atoms with E-state index in [1.54, 1.807) is 0 Å². The van der Waals surface area contributed by atoms with Crippen molar-refractivity contribution >= 4 is 18.2 Å². The van der Waals surface area contributed by atoms with Crippen LogP contribution in [-0.2, 0) is 0 Å². The van der Waals surface area contributed by atoms with Gasteiger partial charge in [0, 0.05) is 18.6 Å². The van der Waals surface area contributed by atoms with Gasteiger partial charge in [0.2, 0.25) is 5.95 Å². The van der Waals surface area contributed by atoms with Gasteiger partial charge in [-0.3, -0.25) is 4.57 Å². The summed E-state index contributed by atoms with van der Waals surface area (Å²) in [6.07, 6.45) is 2.57. The van der Waals surface area contributed by atoms with Crippen LogP contribution in [0.25, 0.3) is 0 Å². The van der Waals surface area contributed by atoms with E-state index in [9.17, 15) is 0 Å². The van der Waals surface area contributed by atoms with Gasteiger partial charge in [0.1, 0.15) is 0 Å². The predicted octanol–water partition coefficient (Wildman–Crippen LogP) is 2.51. The van der Waals surface area contributed by atoms with Crippen molar-refractivity contribution in [2.45, 2.75) is 45.7 Å². The molecular formula is C10H18N4S. The third-order valence-corrected chi connectivity index (χ3v) is 3.08. The minimum Gasteiger partial charge on any atom is -0.338 e. The van der Waals surface area contributed by atoms with Gasteiger partial charge >= 0.3 is 0 Å². The molecule has 84 valence electrons. The van der Waals surface area contributed by atoms with Crippen LogP contribution in [-0.4, -0.2) is 27.4 Å². The van der Waals surface area contributed by atoms with Crippen LogP contribution < -0.4 is 4.90 Å². The standard InChI is InChI=1S/C10H18N4S/c1-4-13(8-5-6-8)9-11-12-10(15)14(9)7(2)3/h7-8H,4-6H2,1-3H3,(H,12,15). The number of H-pyrrole nitrogens is 1. The van der Waals surface area contributed by atoms with E-state index in [0.29, 0.717) is 12.1 Å². The van der Waals surface area contributed by atoms with Crippen molar-refractivity contribution in [3.8, 4) is 0 Å². The maximum atomic E-state index is 5.24. The Morgan fingerprint density at radius 1 is 1.60 bits per heavy atom. The molecule has 1 aromatic rings. The summed E-state index contributed by atoms with van der Waals surface area (Å²) in [5.41, 5.74) is 0. The number of nitrogens with one attached hydrogen (secondary N) is 1. The van der Waals surface area contributed by atoms with Crippen LogP contribution in [0.2, 0.25) is 0 Å². The third kappa shape index (κ3) is 1.93. The molecule has 1 fully saturated rings. The van der Waals surface area contributed by atoms with E-state index in [1.807, 2.05) is 0 Å². The van der Waals surface area contributed by atoms with E-state index in [0.717, 1.165) is 17.3 Å². The largest absolute Gasteiger partial charge is 0.338 e. The Morgan fingerprint density at radius 2 is 2.27 bits per heavy atom. The molecule has 1 aromatic heterocycles. The lowest BCUT2D eigenvalue weighted by atomic mass is 10.4. The quantitative estimate of drug-likeness (QED) is 0.801. The Balaban J connectivity index is 2.37. The number of hydrogen-bond acceptors (Lipinski definition) is 3. The highest BCUT2D eigenvalue weighted by molar-refractivity contribution is 7.71. The fourth-order valence-corrected chi connectivity index (χ4v) is 2.25. The summed E-state index contributed by atoms with van der Waals surface area (Å²) >= 11 is 5.24. The second kappa shape index (κ2) is 3.96. The number of nitrogens with zero attached hydrogens (tertiary/aromatic N) is 3. The smallest absolute Gasteiger partial charge is 0.226 e. The highest BCUT2D eigenvalue weighted by atomic mass is 32.1. The molecule has 0 aliphatic heterocycles. The minimum absolute atomic E-state index is 0.360. The Labute approximate surface area is 95.3 Å². The second-order valence-corrected chi connectivity index (χ2v) is 4.70. The molecule has 15 heavy (non-hydrogen) atoms. The molecule has 1 heterocycles. The number of anilines is 1. The van der Waals surface area contributed by atoms with Crippen molar-refractivity contribution in [2.75, 3.05) is 11.4 Å². The average Bonchev–Trinajstić information content (AvgIpc) is 2.92. The normalized spacial score (nSPS) is 16.0. The van der Waals surface area contributed by atoms with Crippen LogP contribution in [0.3, 0.4) is 0 Å². The number of rotatable bonds is 4. The highest BCUT2D eigenvalue weighted by Gasteiger charge is 2.31. The Morgan fingerprint density at radius 3 is 2.73 bits per heavy atom. The molecule has 0 spiro atoms. The number of hydrogen-bond donors (Lipinski definition) is 1. The van der Waals surface area contributed by atoms with Gasteiger partial charge < -0.3 is 4.90 Å². The number of aromatic nitrogens is 3. The molecule has 0 atom stereocenters. The zero-order valence-corrected chi connectivity index (χ0v) is 10.3. The summed E-state index contributed by atoms with van der Waals surface area (Å²) in [6.45, 7) is 7.43. The molecule has 0 aromatic carbocycles. The van der Waals surface area contributed by atoms with Crippen molar-refractivity contribution in [1.29, 1.82) is 0 Å². The van der Waals surface area contributed by atoms with E-state index >= 15 is 0 Å². The molecular weight excluding hydrogens is 208 g/mol. The average molecular weight is 226 g/mol. The first-order valence-electron chi connectivity index (χ1n) is 5.58. The van der Waals surface area contributed by atoms with Crippen LogP contribution in [0.1, 0.15) is 39.7 Å². The van der Waals surface area contributed by atoms with Crippen molar-refractivity contribution in [2.24, 2.45) is 0 Å². The summed E-state index contributed by atoms with van der Waals surface area (Å²) in [5.74, 6) is 1.00. The minimum atomic E-state index is 0.360. The van der Waals surface area contributed by atoms with Gasteiger partial charge in [-0.2, -0.15) is 0 Å². The molecule has 0 unspecified atom stereocenters. The van der Waals surface area contributed by atoms with Crippen molar-refractivity contribution in [3.63, 3.8) is 0 Å². The molecule has 1 N–H and O–H groups in total. The van der Waals surface area contributed by atoms with Crippen molar-refractivity contribution in [1.82, 2.24) is 14.8 Å². The van der Waals surface area contributed by atoms with E-state index in [1.165, 1.54) is 12.8 Å². The topological polar surface area (TPSA) is 36.9 Å². The first-order valence-corrected chi connectivity index (χ1v) is 5.99. The maximum Gasteiger partial charge on any atom is 0.226 e. The predicted molar refractivity (Wildman–Crippen MR) is 63.8 cm³/mol. The summed E-state index contributed by atoms with van der Waals surface area (Å²) in [4.78, 5) is 2.34. The molecule has 2 rings (SSSR count). The SMILES string of the molecule is CCN(c1n[nH]c(=S)n1C(C)C)C1CC1. The van der Waals surface area contributed by atoms with Crippen LogP contribution in [0.4, 0.5) is 5.95 Å². The zero-order valence-electron chi connectivity index (χ0n) is 9.53. The maximum absolute atomic E-state index is 5.24. The van der Waals surface area contributed by atoms with Gasteiger partial charge in [0.25, 0.3) is 0 Å². The molecule has 5 heteroatoms. The number of aromatic amines is 1. The van der Waals surface area contributed by atoms with E-state index < -0.39 is 0 Å². The van der Waals surface area contributed by atoms with Gasteiger partial charge in [-0.05, 0) is 45.8 Å². The molecule has 0 radical (unpaired) electrons. The summed E-state index contributed by atoms with van der Waals surface area (Å²) in [5, 5.41) is 7.23. The first-order chi connectivity index (χ1) is 7.15. The van der Waals surface area contributed by atoms with Crippen LogP contribution in [0, 0.1) is 4.77 Å². The zero-order chi connectivity index (χ0) is 11.0. The van der Waals surface area contributed by atoms with Gasteiger partial charge in [-0.1, -0.05) is 0 Å². The van der Waals surface area contributed by atoms with Crippen molar-refractivity contribution in [3.05, 3.63) is 4.77 Å². The summed E-state index contributed by atoms with van der Waals surface area (Å²) in [7, 11) is 0. The van der Waals surface area contributed by atoms with E-state index in [-0.39, 0.29) is 0 Å². The third-order valence-electron chi connectivity index (χ3n) is 2.79.